The minimum Gasteiger partial charge on any atom is -0.486 e. The second kappa shape index (κ2) is 9.38. The Morgan fingerprint density at radius 1 is 1.00 bits per heavy atom. The van der Waals surface area contributed by atoms with Crippen molar-refractivity contribution in [1.29, 1.82) is 0 Å². The summed E-state index contributed by atoms with van der Waals surface area (Å²) < 4.78 is 50.8. The Morgan fingerprint density at radius 3 is 2.44 bits per heavy atom. The van der Waals surface area contributed by atoms with Crippen LogP contribution in [-0.2, 0) is 26.0 Å². The number of aryl methyl sites for hydroxylation is 1. The van der Waals surface area contributed by atoms with Gasteiger partial charge in [-0.25, -0.2) is 8.42 Å². The molecule has 1 saturated heterocycles. The van der Waals surface area contributed by atoms with E-state index in [0.717, 1.165) is 10.9 Å². The zero-order chi connectivity index (χ0) is 23.7. The summed E-state index contributed by atoms with van der Waals surface area (Å²) >= 11 is 0. The fraction of sp³-hybridized carbons (Fsp3) is 0.375. The molecule has 0 spiro atoms. The molecule has 34 heavy (non-hydrogen) atoms. The van der Waals surface area contributed by atoms with E-state index in [-0.39, 0.29) is 30.2 Å². The third kappa shape index (κ3) is 4.67. The molecule has 0 radical (unpaired) electrons. The van der Waals surface area contributed by atoms with E-state index in [1.54, 1.807) is 42.5 Å². The topological polar surface area (TPSA) is 107 Å². The SMILES string of the molecule is Cc1ccc(S(=O)(=O)N(Cc2cc3cc4c(cc3[nH]c2=O)OCCO4)CC2COCCO2)cc1. The molecule has 180 valence electrons. The highest BCUT2D eigenvalue weighted by molar-refractivity contribution is 7.89. The van der Waals surface area contributed by atoms with Crippen molar-refractivity contribution in [3.05, 3.63) is 63.9 Å². The molecule has 1 atom stereocenters. The molecular formula is C24H26N2O7S. The highest BCUT2D eigenvalue weighted by Crippen LogP contribution is 2.34. The zero-order valence-corrected chi connectivity index (χ0v) is 19.6. The maximum atomic E-state index is 13.6. The van der Waals surface area contributed by atoms with Gasteiger partial charge in [0.25, 0.3) is 5.56 Å². The molecule has 0 saturated carbocycles. The summed E-state index contributed by atoms with van der Waals surface area (Å²) in [6, 6.07) is 11.9. The van der Waals surface area contributed by atoms with Crippen molar-refractivity contribution in [3.63, 3.8) is 0 Å². The Morgan fingerprint density at radius 2 is 1.74 bits per heavy atom. The van der Waals surface area contributed by atoms with Crippen molar-refractivity contribution in [2.24, 2.45) is 0 Å². The van der Waals surface area contributed by atoms with E-state index in [9.17, 15) is 13.2 Å². The van der Waals surface area contributed by atoms with Crippen molar-refractivity contribution in [3.8, 4) is 11.5 Å². The van der Waals surface area contributed by atoms with Crippen LogP contribution < -0.4 is 15.0 Å². The van der Waals surface area contributed by atoms with Crippen LogP contribution in [-0.4, -0.2) is 63.4 Å². The molecular weight excluding hydrogens is 460 g/mol. The number of aromatic nitrogens is 1. The number of fused-ring (bicyclic) bond motifs is 2. The molecule has 0 bridgehead atoms. The van der Waals surface area contributed by atoms with Crippen molar-refractivity contribution in [1.82, 2.24) is 9.29 Å². The zero-order valence-electron chi connectivity index (χ0n) is 18.8. The molecule has 3 aromatic rings. The lowest BCUT2D eigenvalue weighted by molar-refractivity contribution is -0.0923. The predicted octanol–water partition coefficient (Wildman–Crippen LogP) is 2.21. The monoisotopic (exact) mass is 486 g/mol. The number of pyridine rings is 1. The van der Waals surface area contributed by atoms with Gasteiger partial charge in [-0.2, -0.15) is 4.31 Å². The smallest absolute Gasteiger partial charge is 0.252 e. The number of sulfonamides is 1. The highest BCUT2D eigenvalue weighted by atomic mass is 32.2. The van der Waals surface area contributed by atoms with Gasteiger partial charge in [0.15, 0.2) is 11.5 Å². The molecule has 1 N–H and O–H groups in total. The van der Waals surface area contributed by atoms with Crippen LogP contribution in [0.1, 0.15) is 11.1 Å². The van der Waals surface area contributed by atoms with Gasteiger partial charge in [-0.1, -0.05) is 17.7 Å². The third-order valence-corrected chi connectivity index (χ3v) is 7.71. The van der Waals surface area contributed by atoms with Crippen LogP contribution in [0, 0.1) is 6.92 Å². The second-order valence-electron chi connectivity index (χ2n) is 8.39. The standard InChI is InChI=1S/C24H26N2O7S/c1-16-2-4-20(5-3-16)34(28,29)26(14-19-15-30-6-7-31-19)13-18-10-17-11-22-23(33-9-8-32-22)12-21(17)25-24(18)27/h2-5,10-12,19H,6-9,13-15H2,1H3,(H,25,27). The largest absolute Gasteiger partial charge is 0.486 e. The summed E-state index contributed by atoms with van der Waals surface area (Å²) in [6.07, 6.45) is -0.425. The molecule has 5 rings (SSSR count). The quantitative estimate of drug-likeness (QED) is 0.569. The van der Waals surface area contributed by atoms with E-state index in [1.807, 2.05) is 6.92 Å². The van der Waals surface area contributed by atoms with Crippen molar-refractivity contribution in [2.75, 3.05) is 39.6 Å². The number of H-pyrrole nitrogens is 1. The van der Waals surface area contributed by atoms with Gasteiger partial charge in [0.1, 0.15) is 13.2 Å². The molecule has 2 aliphatic heterocycles. The summed E-state index contributed by atoms with van der Waals surface area (Å²) in [5.41, 5.74) is 1.50. The van der Waals surface area contributed by atoms with Gasteiger partial charge < -0.3 is 23.9 Å². The van der Waals surface area contributed by atoms with Crippen LogP contribution in [0.4, 0.5) is 0 Å². The van der Waals surface area contributed by atoms with Gasteiger partial charge in [-0.05, 0) is 31.2 Å². The lowest BCUT2D eigenvalue weighted by Gasteiger charge is -2.29. The molecule has 1 fully saturated rings. The fourth-order valence-electron chi connectivity index (χ4n) is 4.07. The van der Waals surface area contributed by atoms with Crippen LogP contribution >= 0.6 is 0 Å². The number of nitrogens with zero attached hydrogens (tertiary/aromatic N) is 1. The summed E-state index contributed by atoms with van der Waals surface area (Å²) in [5, 5.41) is 0.726. The number of benzene rings is 2. The maximum Gasteiger partial charge on any atom is 0.252 e. The Balaban J connectivity index is 1.51. The highest BCUT2D eigenvalue weighted by Gasteiger charge is 2.30. The van der Waals surface area contributed by atoms with E-state index in [0.29, 0.717) is 49.0 Å². The first-order chi connectivity index (χ1) is 16.4. The van der Waals surface area contributed by atoms with E-state index in [2.05, 4.69) is 4.98 Å². The number of hydrogen-bond acceptors (Lipinski definition) is 7. The molecule has 10 heteroatoms. The van der Waals surface area contributed by atoms with Crippen molar-refractivity contribution in [2.45, 2.75) is 24.5 Å². The van der Waals surface area contributed by atoms with Gasteiger partial charge >= 0.3 is 0 Å². The Labute approximate surface area is 197 Å². The van der Waals surface area contributed by atoms with E-state index >= 15 is 0 Å². The van der Waals surface area contributed by atoms with E-state index < -0.39 is 16.1 Å². The maximum absolute atomic E-state index is 13.6. The average molecular weight is 487 g/mol. The predicted molar refractivity (Wildman–Crippen MR) is 125 cm³/mol. The molecule has 0 aliphatic carbocycles. The number of hydrogen-bond donors (Lipinski definition) is 1. The van der Waals surface area contributed by atoms with Crippen LogP contribution in [0.25, 0.3) is 10.9 Å². The first kappa shape index (κ1) is 22.9. The Hall–Kier alpha value is -2.92. The average Bonchev–Trinajstić information content (AvgIpc) is 2.84. The van der Waals surface area contributed by atoms with Gasteiger partial charge in [0, 0.05) is 30.1 Å². The molecule has 3 heterocycles. The summed E-state index contributed by atoms with van der Waals surface area (Å²) in [6.45, 7) is 3.89. The van der Waals surface area contributed by atoms with Crippen molar-refractivity contribution < 1.29 is 27.4 Å². The third-order valence-electron chi connectivity index (χ3n) is 5.88. The summed E-state index contributed by atoms with van der Waals surface area (Å²) in [4.78, 5) is 15.9. The first-order valence-corrected chi connectivity index (χ1v) is 12.6. The van der Waals surface area contributed by atoms with Gasteiger partial charge in [-0.3, -0.25) is 4.79 Å². The van der Waals surface area contributed by atoms with Gasteiger partial charge in [0.2, 0.25) is 10.0 Å². The fourth-order valence-corrected chi connectivity index (χ4v) is 5.52. The minimum absolute atomic E-state index is 0.0643. The first-order valence-electron chi connectivity index (χ1n) is 11.1. The van der Waals surface area contributed by atoms with E-state index in [1.165, 1.54) is 4.31 Å². The van der Waals surface area contributed by atoms with Crippen LogP contribution in [0.5, 0.6) is 11.5 Å². The lowest BCUT2D eigenvalue weighted by atomic mass is 10.1. The summed E-state index contributed by atoms with van der Waals surface area (Å²) in [5.74, 6) is 1.16. The van der Waals surface area contributed by atoms with E-state index in [4.69, 9.17) is 18.9 Å². The minimum atomic E-state index is -3.90. The molecule has 1 aromatic heterocycles. The number of ether oxygens (including phenoxy) is 4. The molecule has 9 nitrogen and oxygen atoms in total. The number of aromatic amines is 1. The number of rotatable bonds is 6. The second-order valence-corrected chi connectivity index (χ2v) is 10.3. The van der Waals surface area contributed by atoms with Crippen LogP contribution in [0.2, 0.25) is 0 Å². The van der Waals surface area contributed by atoms with Crippen molar-refractivity contribution >= 4 is 20.9 Å². The molecule has 2 aliphatic rings. The summed E-state index contributed by atoms with van der Waals surface area (Å²) in [7, 11) is -3.90. The normalized spacial score (nSPS) is 18.4. The van der Waals surface area contributed by atoms with Crippen LogP contribution in [0.15, 0.2) is 52.2 Å². The Kier molecular flexibility index (Phi) is 6.30. The lowest BCUT2D eigenvalue weighted by Crippen LogP contribution is -2.43. The van der Waals surface area contributed by atoms with Gasteiger partial charge in [-0.15, -0.1) is 0 Å². The van der Waals surface area contributed by atoms with Gasteiger partial charge in [0.05, 0.1) is 36.3 Å². The number of nitrogens with one attached hydrogen (secondary N) is 1. The molecule has 0 amide bonds. The Bertz CT molecular complexity index is 1350. The molecule has 2 aromatic carbocycles. The molecule has 1 unspecified atom stereocenters. The van der Waals surface area contributed by atoms with Crippen LogP contribution in [0.3, 0.4) is 0 Å².